The maximum atomic E-state index is 12.0. The molecule has 0 bridgehead atoms. The number of nitrogens with one attached hydrogen (secondary N) is 1. The second kappa shape index (κ2) is 5.38. The SMILES string of the molecule is CCCCOC(=O)C1CC(C)(C)NC(C)(C)C1. The summed E-state index contributed by atoms with van der Waals surface area (Å²) in [6, 6.07) is 0. The Morgan fingerprint density at radius 1 is 1.24 bits per heavy atom. The molecule has 0 aromatic heterocycles. The van der Waals surface area contributed by atoms with Gasteiger partial charge in [-0.2, -0.15) is 0 Å². The van der Waals surface area contributed by atoms with Crippen LogP contribution in [-0.2, 0) is 9.53 Å². The third kappa shape index (κ3) is 4.66. The minimum absolute atomic E-state index is 0.0101. The van der Waals surface area contributed by atoms with Gasteiger partial charge in [-0.15, -0.1) is 0 Å². The van der Waals surface area contributed by atoms with Gasteiger partial charge in [0.15, 0.2) is 0 Å². The Labute approximate surface area is 105 Å². The van der Waals surface area contributed by atoms with Crippen LogP contribution in [0, 0.1) is 5.92 Å². The summed E-state index contributed by atoms with van der Waals surface area (Å²) in [4.78, 5) is 12.0. The summed E-state index contributed by atoms with van der Waals surface area (Å²) < 4.78 is 5.34. The van der Waals surface area contributed by atoms with Crippen molar-refractivity contribution < 1.29 is 9.53 Å². The number of hydrogen-bond acceptors (Lipinski definition) is 3. The number of hydrogen-bond donors (Lipinski definition) is 1. The molecule has 0 atom stereocenters. The van der Waals surface area contributed by atoms with Crippen LogP contribution in [-0.4, -0.2) is 23.7 Å². The highest BCUT2D eigenvalue weighted by Crippen LogP contribution is 2.33. The number of rotatable bonds is 4. The highest BCUT2D eigenvalue weighted by molar-refractivity contribution is 5.73. The lowest BCUT2D eigenvalue weighted by atomic mass is 9.76. The molecule has 1 N–H and O–H groups in total. The molecule has 1 aliphatic rings. The number of piperidine rings is 1. The summed E-state index contributed by atoms with van der Waals surface area (Å²) in [5, 5.41) is 3.58. The molecule has 0 aromatic carbocycles. The van der Waals surface area contributed by atoms with Gasteiger partial charge in [0, 0.05) is 11.1 Å². The summed E-state index contributed by atoms with van der Waals surface area (Å²) >= 11 is 0. The van der Waals surface area contributed by atoms with Gasteiger partial charge in [-0.1, -0.05) is 13.3 Å². The zero-order chi connectivity index (χ0) is 13.1. The fourth-order valence-electron chi connectivity index (χ4n) is 2.92. The molecular formula is C14H27NO2. The first kappa shape index (κ1) is 14.5. The molecule has 1 rings (SSSR count). The van der Waals surface area contributed by atoms with Crippen molar-refractivity contribution in [2.45, 2.75) is 71.4 Å². The minimum atomic E-state index is -0.0129. The summed E-state index contributed by atoms with van der Waals surface area (Å²) in [5.74, 6) is 0.0270. The van der Waals surface area contributed by atoms with Crippen molar-refractivity contribution in [2.24, 2.45) is 5.92 Å². The second-order valence-corrected chi connectivity index (χ2v) is 6.52. The van der Waals surface area contributed by atoms with Crippen LogP contribution in [0.15, 0.2) is 0 Å². The van der Waals surface area contributed by atoms with Gasteiger partial charge in [-0.05, 0) is 47.0 Å². The van der Waals surface area contributed by atoms with Crippen molar-refractivity contribution in [3.8, 4) is 0 Å². The van der Waals surface area contributed by atoms with Crippen LogP contribution in [0.1, 0.15) is 60.3 Å². The van der Waals surface area contributed by atoms with Gasteiger partial charge < -0.3 is 10.1 Å². The summed E-state index contributed by atoms with van der Waals surface area (Å²) in [6.07, 6.45) is 3.75. The van der Waals surface area contributed by atoms with E-state index in [1.165, 1.54) is 0 Å². The van der Waals surface area contributed by atoms with Crippen molar-refractivity contribution in [3.63, 3.8) is 0 Å². The number of carbonyl (C=O) groups excluding carboxylic acids is 1. The van der Waals surface area contributed by atoms with E-state index in [2.05, 4.69) is 39.9 Å². The van der Waals surface area contributed by atoms with Crippen LogP contribution in [0.5, 0.6) is 0 Å². The summed E-state index contributed by atoms with van der Waals surface area (Å²) in [5.41, 5.74) is 0.0202. The predicted molar refractivity (Wildman–Crippen MR) is 69.9 cm³/mol. The zero-order valence-corrected chi connectivity index (χ0v) is 11.9. The van der Waals surface area contributed by atoms with Crippen LogP contribution in [0.3, 0.4) is 0 Å². The number of unbranched alkanes of at least 4 members (excludes halogenated alkanes) is 1. The Morgan fingerprint density at radius 2 is 1.76 bits per heavy atom. The monoisotopic (exact) mass is 241 g/mol. The van der Waals surface area contributed by atoms with E-state index >= 15 is 0 Å². The van der Waals surface area contributed by atoms with E-state index in [-0.39, 0.29) is 23.0 Å². The quantitative estimate of drug-likeness (QED) is 0.607. The smallest absolute Gasteiger partial charge is 0.309 e. The molecule has 0 unspecified atom stereocenters. The number of ether oxygens (including phenoxy) is 1. The molecule has 1 aliphatic heterocycles. The molecule has 0 radical (unpaired) electrons. The van der Waals surface area contributed by atoms with Crippen molar-refractivity contribution in [2.75, 3.05) is 6.61 Å². The topological polar surface area (TPSA) is 38.3 Å². The maximum Gasteiger partial charge on any atom is 0.309 e. The highest BCUT2D eigenvalue weighted by atomic mass is 16.5. The number of carbonyl (C=O) groups is 1. The maximum absolute atomic E-state index is 12.0. The van der Waals surface area contributed by atoms with Crippen molar-refractivity contribution in [1.29, 1.82) is 0 Å². The summed E-state index contributed by atoms with van der Waals surface area (Å²) in [7, 11) is 0. The molecule has 3 heteroatoms. The van der Waals surface area contributed by atoms with E-state index in [9.17, 15) is 4.79 Å². The molecule has 0 amide bonds. The Morgan fingerprint density at radius 3 is 2.24 bits per heavy atom. The standard InChI is InChI=1S/C14H27NO2/c1-6-7-8-17-12(16)11-9-13(2,3)15-14(4,5)10-11/h11,15H,6-10H2,1-5H3. The van der Waals surface area contributed by atoms with Gasteiger partial charge in [-0.3, -0.25) is 4.79 Å². The first-order valence-electron chi connectivity index (χ1n) is 6.72. The Kier molecular flexibility index (Phi) is 4.59. The lowest BCUT2D eigenvalue weighted by molar-refractivity contribution is -0.151. The Balaban J connectivity index is 2.55. The van der Waals surface area contributed by atoms with Gasteiger partial charge in [0.2, 0.25) is 0 Å². The van der Waals surface area contributed by atoms with Gasteiger partial charge >= 0.3 is 5.97 Å². The molecule has 1 saturated heterocycles. The van der Waals surface area contributed by atoms with Crippen LogP contribution in [0.2, 0.25) is 0 Å². The minimum Gasteiger partial charge on any atom is -0.465 e. The fourth-order valence-corrected chi connectivity index (χ4v) is 2.92. The zero-order valence-electron chi connectivity index (χ0n) is 11.9. The molecule has 0 aromatic rings. The van der Waals surface area contributed by atoms with Crippen LogP contribution >= 0.6 is 0 Å². The van der Waals surface area contributed by atoms with E-state index in [0.717, 1.165) is 25.7 Å². The largest absolute Gasteiger partial charge is 0.465 e. The lowest BCUT2D eigenvalue weighted by Crippen LogP contribution is -2.59. The molecule has 1 fully saturated rings. The first-order valence-corrected chi connectivity index (χ1v) is 6.72. The third-order valence-electron chi connectivity index (χ3n) is 3.27. The predicted octanol–water partition coefficient (Wildman–Crippen LogP) is 2.89. The van der Waals surface area contributed by atoms with Crippen LogP contribution in [0.25, 0.3) is 0 Å². The number of esters is 1. The molecule has 0 aliphatic carbocycles. The average Bonchev–Trinajstić information content (AvgIpc) is 2.13. The average molecular weight is 241 g/mol. The lowest BCUT2D eigenvalue weighted by Gasteiger charge is -2.45. The van der Waals surface area contributed by atoms with Crippen molar-refractivity contribution in [1.82, 2.24) is 5.32 Å². The highest BCUT2D eigenvalue weighted by Gasteiger charge is 2.41. The molecule has 0 spiro atoms. The van der Waals surface area contributed by atoms with Gasteiger partial charge in [-0.25, -0.2) is 0 Å². The molecular weight excluding hydrogens is 214 g/mol. The molecule has 1 heterocycles. The van der Waals surface area contributed by atoms with E-state index in [4.69, 9.17) is 4.74 Å². The van der Waals surface area contributed by atoms with Gasteiger partial charge in [0.05, 0.1) is 12.5 Å². The van der Waals surface area contributed by atoms with Crippen molar-refractivity contribution in [3.05, 3.63) is 0 Å². The van der Waals surface area contributed by atoms with E-state index < -0.39 is 0 Å². The van der Waals surface area contributed by atoms with Crippen LogP contribution < -0.4 is 5.32 Å². The van der Waals surface area contributed by atoms with E-state index in [1.807, 2.05) is 0 Å². The summed E-state index contributed by atoms with van der Waals surface area (Å²) in [6.45, 7) is 11.3. The van der Waals surface area contributed by atoms with Gasteiger partial charge in [0.1, 0.15) is 0 Å². The first-order chi connectivity index (χ1) is 7.76. The van der Waals surface area contributed by atoms with E-state index in [0.29, 0.717) is 6.61 Å². The normalized spacial score (nSPS) is 23.4. The molecule has 100 valence electrons. The molecule has 0 saturated carbocycles. The molecule has 17 heavy (non-hydrogen) atoms. The van der Waals surface area contributed by atoms with Crippen molar-refractivity contribution >= 4 is 5.97 Å². The van der Waals surface area contributed by atoms with Crippen LogP contribution in [0.4, 0.5) is 0 Å². The fraction of sp³-hybridized carbons (Fsp3) is 0.929. The van der Waals surface area contributed by atoms with E-state index in [1.54, 1.807) is 0 Å². The Hall–Kier alpha value is -0.570. The third-order valence-corrected chi connectivity index (χ3v) is 3.27. The Bertz CT molecular complexity index is 255. The van der Waals surface area contributed by atoms with Gasteiger partial charge in [0.25, 0.3) is 0 Å². The molecule has 3 nitrogen and oxygen atoms in total. The second-order valence-electron chi connectivity index (χ2n) is 6.52.